The zero-order valence-electron chi connectivity index (χ0n) is 20.1. The van der Waals surface area contributed by atoms with Gasteiger partial charge in [-0.3, -0.25) is 4.90 Å². The minimum absolute atomic E-state index is 0.0175. The number of hydrogen-bond donors (Lipinski definition) is 0. The summed E-state index contributed by atoms with van der Waals surface area (Å²) in [5.74, 6) is 1.60. The molecule has 182 valence electrons. The third-order valence-corrected chi connectivity index (χ3v) is 7.75. The van der Waals surface area contributed by atoms with Crippen molar-refractivity contribution in [2.45, 2.75) is 25.6 Å². The number of halogens is 1. The minimum atomic E-state index is -0.189. The first-order valence-electron chi connectivity index (χ1n) is 12.2. The third-order valence-electron chi connectivity index (χ3n) is 6.51. The Balaban J connectivity index is 1.35. The van der Waals surface area contributed by atoms with E-state index in [0.717, 1.165) is 55.2 Å². The van der Waals surface area contributed by atoms with E-state index in [0.29, 0.717) is 19.7 Å². The fraction of sp³-hybridized carbons (Fsp3) is 0.444. The number of ether oxygens (including phenoxy) is 1. The number of amides is 2. The molecule has 2 heterocycles. The molecule has 0 aliphatic carbocycles. The monoisotopic (exact) mass is 483 g/mol. The Morgan fingerprint density at radius 2 is 1.97 bits per heavy atom. The maximum Gasteiger partial charge on any atom is 0.321 e. The highest BCUT2D eigenvalue weighted by Crippen LogP contribution is 2.42. The maximum atomic E-state index is 13.5. The van der Waals surface area contributed by atoms with Crippen LogP contribution in [0.25, 0.3) is 5.57 Å². The van der Waals surface area contributed by atoms with Gasteiger partial charge in [-0.2, -0.15) is 0 Å². The van der Waals surface area contributed by atoms with Gasteiger partial charge < -0.3 is 14.5 Å². The summed E-state index contributed by atoms with van der Waals surface area (Å²) in [6.45, 7) is 9.40. The average molecular weight is 484 g/mol. The summed E-state index contributed by atoms with van der Waals surface area (Å²) < 4.78 is 19.8. The molecule has 1 atom stereocenters. The number of hydrogen-bond acceptors (Lipinski definition) is 4. The van der Waals surface area contributed by atoms with Crippen LogP contribution in [0, 0.1) is 5.82 Å². The van der Waals surface area contributed by atoms with E-state index in [4.69, 9.17) is 4.74 Å². The average Bonchev–Trinajstić information content (AvgIpc) is 3.35. The second kappa shape index (κ2) is 11.8. The number of urea groups is 1. The van der Waals surface area contributed by atoms with Crippen LogP contribution in [0.1, 0.15) is 36.8 Å². The van der Waals surface area contributed by atoms with Crippen LogP contribution in [0.15, 0.2) is 54.6 Å². The first kappa shape index (κ1) is 24.6. The van der Waals surface area contributed by atoms with Crippen molar-refractivity contribution in [1.82, 2.24) is 14.7 Å². The van der Waals surface area contributed by atoms with Crippen molar-refractivity contribution in [3.8, 4) is 5.75 Å². The van der Waals surface area contributed by atoms with Crippen LogP contribution in [0.4, 0.5) is 9.18 Å². The van der Waals surface area contributed by atoms with E-state index < -0.39 is 0 Å². The van der Waals surface area contributed by atoms with Crippen molar-refractivity contribution in [3.63, 3.8) is 0 Å². The van der Waals surface area contributed by atoms with E-state index in [1.165, 1.54) is 11.6 Å². The van der Waals surface area contributed by atoms with Gasteiger partial charge in [0.2, 0.25) is 0 Å². The van der Waals surface area contributed by atoms with Gasteiger partial charge in [0.15, 0.2) is 0 Å². The molecule has 7 heteroatoms. The van der Waals surface area contributed by atoms with Crippen LogP contribution in [-0.4, -0.2) is 72.4 Å². The van der Waals surface area contributed by atoms with E-state index in [-0.39, 0.29) is 17.2 Å². The lowest BCUT2D eigenvalue weighted by atomic mass is 9.99. The van der Waals surface area contributed by atoms with Crippen LogP contribution >= 0.6 is 11.8 Å². The van der Waals surface area contributed by atoms with Crippen LogP contribution in [-0.2, 0) is 0 Å². The number of para-hydroxylation sites is 1. The van der Waals surface area contributed by atoms with Gasteiger partial charge in [-0.25, -0.2) is 9.18 Å². The lowest BCUT2D eigenvalue weighted by Gasteiger charge is -2.31. The van der Waals surface area contributed by atoms with Crippen molar-refractivity contribution < 1.29 is 13.9 Å². The van der Waals surface area contributed by atoms with Gasteiger partial charge in [-0.1, -0.05) is 36.4 Å². The molecule has 1 saturated heterocycles. The van der Waals surface area contributed by atoms with E-state index in [1.54, 1.807) is 23.9 Å². The third kappa shape index (κ3) is 5.76. The Labute approximate surface area is 206 Å². The molecule has 2 aliphatic heterocycles. The standard InChI is InChI=1S/C27H34FN3O2S/c1-3-30(4-2)27(32)31-17-19-34-26(31)24-10-5-6-11-25(24)33-18-16-29-14-12-21(13-15-29)22-8-7-9-23(28)20-22/h5-12,20,26H,3-4,13-19H2,1-2H3. The summed E-state index contributed by atoms with van der Waals surface area (Å²) >= 11 is 1.80. The predicted octanol–water partition coefficient (Wildman–Crippen LogP) is 5.50. The Morgan fingerprint density at radius 3 is 2.71 bits per heavy atom. The van der Waals surface area contributed by atoms with Gasteiger partial charge in [0.05, 0.1) is 0 Å². The second-order valence-electron chi connectivity index (χ2n) is 8.55. The molecule has 0 radical (unpaired) electrons. The molecule has 5 nitrogen and oxygen atoms in total. The number of thioether (sulfide) groups is 1. The summed E-state index contributed by atoms with van der Waals surface area (Å²) in [6.07, 6.45) is 3.10. The molecular weight excluding hydrogens is 449 g/mol. The van der Waals surface area contributed by atoms with Crippen LogP contribution in [0.5, 0.6) is 5.75 Å². The van der Waals surface area contributed by atoms with Crippen molar-refractivity contribution in [2.75, 3.05) is 51.6 Å². The SMILES string of the molecule is CCN(CC)C(=O)N1CCSC1c1ccccc1OCCN1CC=C(c2cccc(F)c2)CC1. The molecule has 2 aliphatic rings. The molecule has 0 spiro atoms. The van der Waals surface area contributed by atoms with Crippen molar-refractivity contribution in [2.24, 2.45) is 0 Å². The number of benzene rings is 2. The second-order valence-corrected chi connectivity index (χ2v) is 9.74. The number of carbonyl (C=O) groups is 1. The molecule has 0 saturated carbocycles. The van der Waals surface area contributed by atoms with Crippen LogP contribution in [0.2, 0.25) is 0 Å². The molecule has 1 unspecified atom stereocenters. The highest BCUT2D eigenvalue weighted by Gasteiger charge is 2.34. The lowest BCUT2D eigenvalue weighted by Crippen LogP contribution is -2.42. The van der Waals surface area contributed by atoms with Crippen molar-refractivity contribution in [1.29, 1.82) is 0 Å². The Hall–Kier alpha value is -2.51. The fourth-order valence-corrected chi connectivity index (χ4v) is 5.84. The molecule has 0 aromatic heterocycles. The number of nitrogens with zero attached hydrogens (tertiary/aromatic N) is 3. The molecular formula is C27H34FN3O2S. The zero-order chi connectivity index (χ0) is 23.9. The zero-order valence-corrected chi connectivity index (χ0v) is 20.9. The summed E-state index contributed by atoms with van der Waals surface area (Å²) in [7, 11) is 0. The van der Waals surface area contributed by atoms with Gasteiger partial charge in [0.25, 0.3) is 0 Å². The molecule has 0 bridgehead atoms. The fourth-order valence-electron chi connectivity index (χ4n) is 4.56. The van der Waals surface area contributed by atoms with Crippen LogP contribution < -0.4 is 4.74 Å². The summed E-state index contributed by atoms with van der Waals surface area (Å²) in [4.78, 5) is 19.2. The molecule has 2 aromatic rings. The number of rotatable bonds is 8. The van der Waals surface area contributed by atoms with Gasteiger partial charge >= 0.3 is 6.03 Å². The van der Waals surface area contributed by atoms with E-state index in [9.17, 15) is 9.18 Å². The topological polar surface area (TPSA) is 36.0 Å². The van der Waals surface area contributed by atoms with Gasteiger partial charge in [-0.15, -0.1) is 11.8 Å². The molecule has 2 amide bonds. The van der Waals surface area contributed by atoms with Crippen molar-refractivity contribution >= 4 is 23.4 Å². The van der Waals surface area contributed by atoms with Gasteiger partial charge in [0.1, 0.15) is 23.5 Å². The highest BCUT2D eigenvalue weighted by molar-refractivity contribution is 7.99. The predicted molar refractivity (Wildman–Crippen MR) is 138 cm³/mol. The highest BCUT2D eigenvalue weighted by atomic mass is 32.2. The van der Waals surface area contributed by atoms with Crippen LogP contribution in [0.3, 0.4) is 0 Å². The molecule has 34 heavy (non-hydrogen) atoms. The van der Waals surface area contributed by atoms with E-state index >= 15 is 0 Å². The quantitative estimate of drug-likeness (QED) is 0.497. The normalized spacial score (nSPS) is 18.6. The Bertz CT molecular complexity index is 1010. The van der Waals surface area contributed by atoms with Gasteiger partial charge in [0, 0.05) is 50.6 Å². The lowest BCUT2D eigenvalue weighted by molar-refractivity contribution is 0.158. The molecule has 0 N–H and O–H groups in total. The molecule has 4 rings (SSSR count). The minimum Gasteiger partial charge on any atom is -0.492 e. The Morgan fingerprint density at radius 1 is 1.15 bits per heavy atom. The van der Waals surface area contributed by atoms with Crippen molar-refractivity contribution in [3.05, 3.63) is 71.6 Å². The number of carbonyl (C=O) groups excluding carboxylic acids is 1. The smallest absolute Gasteiger partial charge is 0.321 e. The van der Waals surface area contributed by atoms with E-state index in [1.807, 2.05) is 47.9 Å². The first-order chi connectivity index (χ1) is 16.6. The summed E-state index contributed by atoms with van der Waals surface area (Å²) in [5, 5.41) is -0.0175. The molecule has 1 fully saturated rings. The van der Waals surface area contributed by atoms with E-state index in [2.05, 4.69) is 17.0 Å². The first-order valence-corrected chi connectivity index (χ1v) is 13.2. The Kier molecular flexibility index (Phi) is 8.51. The summed E-state index contributed by atoms with van der Waals surface area (Å²) in [5.41, 5.74) is 3.25. The largest absolute Gasteiger partial charge is 0.492 e. The molecule has 2 aromatic carbocycles. The summed E-state index contributed by atoms with van der Waals surface area (Å²) in [6, 6.07) is 15.0. The van der Waals surface area contributed by atoms with Gasteiger partial charge in [-0.05, 0) is 49.6 Å². The maximum absolute atomic E-state index is 13.5.